The standard InChI is InChI=1S/C22H30N8O3S2/c1-3-23-22-24-13-16(14-25-22)19-26-20(29-8-10-33-11-9-29)18-12-17(34-21(18)27-19)15-28-4-6-30(7-5-28)35(2,31)32/h12-14H,3-11,15H2,1-2H3,(H,23,24,25). The fourth-order valence-electron chi connectivity index (χ4n) is 4.31. The molecular formula is C22H30N8O3S2. The summed E-state index contributed by atoms with van der Waals surface area (Å²) in [7, 11) is -3.14. The lowest BCUT2D eigenvalue weighted by Gasteiger charge is -2.32. The van der Waals surface area contributed by atoms with E-state index in [1.54, 1.807) is 28.0 Å². The molecule has 2 fully saturated rings. The number of nitrogens with zero attached hydrogens (tertiary/aromatic N) is 7. The molecule has 0 bridgehead atoms. The monoisotopic (exact) mass is 518 g/mol. The van der Waals surface area contributed by atoms with Gasteiger partial charge in [0.1, 0.15) is 10.6 Å². The van der Waals surface area contributed by atoms with Gasteiger partial charge in [-0.05, 0) is 13.0 Å². The number of aromatic nitrogens is 4. The third kappa shape index (κ3) is 5.54. The summed E-state index contributed by atoms with van der Waals surface area (Å²) >= 11 is 1.66. The van der Waals surface area contributed by atoms with Gasteiger partial charge in [0.05, 0.1) is 30.4 Å². The molecule has 0 amide bonds. The van der Waals surface area contributed by atoms with E-state index in [4.69, 9.17) is 14.7 Å². The minimum absolute atomic E-state index is 0.523. The zero-order chi connectivity index (χ0) is 24.4. The van der Waals surface area contributed by atoms with Crippen LogP contribution in [-0.2, 0) is 21.3 Å². The van der Waals surface area contributed by atoms with Gasteiger partial charge in [-0.2, -0.15) is 4.31 Å². The topological polar surface area (TPSA) is 117 Å². The second kappa shape index (κ2) is 10.3. The molecule has 0 aliphatic carbocycles. The van der Waals surface area contributed by atoms with Gasteiger partial charge in [0.2, 0.25) is 16.0 Å². The highest BCUT2D eigenvalue weighted by Gasteiger charge is 2.25. The summed E-state index contributed by atoms with van der Waals surface area (Å²) in [6.07, 6.45) is 4.78. The molecule has 0 radical (unpaired) electrons. The first-order valence-corrected chi connectivity index (χ1v) is 14.4. The van der Waals surface area contributed by atoms with Crippen molar-refractivity contribution in [2.75, 3.05) is 75.5 Å². The normalized spacial score (nSPS) is 18.3. The molecule has 0 aromatic carbocycles. The predicted molar refractivity (Wildman–Crippen MR) is 137 cm³/mol. The third-order valence-electron chi connectivity index (χ3n) is 6.16. The lowest BCUT2D eigenvalue weighted by atomic mass is 10.2. The first kappa shape index (κ1) is 24.3. The van der Waals surface area contributed by atoms with Crippen LogP contribution in [0.25, 0.3) is 21.6 Å². The van der Waals surface area contributed by atoms with Crippen LogP contribution in [0.4, 0.5) is 11.8 Å². The summed E-state index contributed by atoms with van der Waals surface area (Å²) in [6.45, 7) is 8.88. The second-order valence-electron chi connectivity index (χ2n) is 8.67. The summed E-state index contributed by atoms with van der Waals surface area (Å²) in [4.78, 5) is 25.3. The Morgan fingerprint density at radius 2 is 1.77 bits per heavy atom. The molecule has 188 valence electrons. The van der Waals surface area contributed by atoms with E-state index >= 15 is 0 Å². The molecule has 5 heterocycles. The Balaban J connectivity index is 1.43. The van der Waals surface area contributed by atoms with E-state index in [1.807, 2.05) is 6.92 Å². The minimum atomic E-state index is -3.14. The SMILES string of the molecule is CCNc1ncc(-c2nc(N3CCOCC3)c3cc(CN4CCN(S(C)(=O)=O)CC4)sc3n2)cn1. The van der Waals surface area contributed by atoms with Crippen molar-refractivity contribution in [2.45, 2.75) is 13.5 Å². The van der Waals surface area contributed by atoms with Gasteiger partial charge in [-0.1, -0.05) is 0 Å². The maximum Gasteiger partial charge on any atom is 0.222 e. The van der Waals surface area contributed by atoms with E-state index in [0.717, 1.165) is 47.8 Å². The van der Waals surface area contributed by atoms with Crippen LogP contribution in [0.5, 0.6) is 0 Å². The summed E-state index contributed by atoms with van der Waals surface area (Å²) in [5, 5.41) is 4.15. The fourth-order valence-corrected chi connectivity index (χ4v) is 6.20. The maximum absolute atomic E-state index is 11.8. The largest absolute Gasteiger partial charge is 0.378 e. The van der Waals surface area contributed by atoms with E-state index in [1.165, 1.54) is 11.1 Å². The van der Waals surface area contributed by atoms with Crippen molar-refractivity contribution in [2.24, 2.45) is 0 Å². The zero-order valence-corrected chi connectivity index (χ0v) is 21.6. The van der Waals surface area contributed by atoms with Gasteiger partial charge in [-0.25, -0.2) is 28.4 Å². The summed E-state index contributed by atoms with van der Waals surface area (Å²) in [6, 6.07) is 2.18. The van der Waals surface area contributed by atoms with E-state index in [0.29, 0.717) is 51.2 Å². The number of sulfonamides is 1. The van der Waals surface area contributed by atoms with Crippen LogP contribution in [0.15, 0.2) is 18.5 Å². The highest BCUT2D eigenvalue weighted by molar-refractivity contribution is 7.88. The predicted octanol–water partition coefficient (Wildman–Crippen LogP) is 1.49. The van der Waals surface area contributed by atoms with Crippen LogP contribution in [-0.4, -0.2) is 103 Å². The summed E-state index contributed by atoms with van der Waals surface area (Å²) in [5.74, 6) is 2.10. The number of hydrogen-bond donors (Lipinski definition) is 1. The van der Waals surface area contributed by atoms with Crippen molar-refractivity contribution in [3.63, 3.8) is 0 Å². The van der Waals surface area contributed by atoms with E-state index in [9.17, 15) is 8.42 Å². The molecule has 0 spiro atoms. The van der Waals surface area contributed by atoms with E-state index < -0.39 is 10.0 Å². The minimum Gasteiger partial charge on any atom is -0.378 e. The molecular weight excluding hydrogens is 488 g/mol. The molecule has 0 atom stereocenters. The van der Waals surface area contributed by atoms with Crippen molar-refractivity contribution >= 4 is 43.3 Å². The molecule has 5 rings (SSSR count). The van der Waals surface area contributed by atoms with Gasteiger partial charge in [-0.3, -0.25) is 4.90 Å². The second-order valence-corrected chi connectivity index (χ2v) is 11.8. The number of ether oxygens (including phenoxy) is 1. The van der Waals surface area contributed by atoms with Crippen LogP contribution in [0, 0.1) is 0 Å². The van der Waals surface area contributed by atoms with Crippen LogP contribution < -0.4 is 10.2 Å². The van der Waals surface area contributed by atoms with E-state index in [2.05, 4.69) is 31.2 Å². The summed E-state index contributed by atoms with van der Waals surface area (Å²) in [5.41, 5.74) is 0.773. The molecule has 13 heteroatoms. The molecule has 0 saturated carbocycles. The Kier molecular flexibility index (Phi) is 7.12. The van der Waals surface area contributed by atoms with Gasteiger partial charge in [0.25, 0.3) is 0 Å². The molecule has 2 saturated heterocycles. The Morgan fingerprint density at radius 1 is 1.06 bits per heavy atom. The highest BCUT2D eigenvalue weighted by atomic mass is 32.2. The zero-order valence-electron chi connectivity index (χ0n) is 20.0. The molecule has 0 unspecified atom stereocenters. The van der Waals surface area contributed by atoms with Crippen molar-refractivity contribution in [1.82, 2.24) is 29.1 Å². The van der Waals surface area contributed by atoms with Gasteiger partial charge < -0.3 is 15.0 Å². The Morgan fingerprint density at radius 3 is 2.43 bits per heavy atom. The number of rotatable bonds is 7. The molecule has 2 aliphatic heterocycles. The first-order chi connectivity index (χ1) is 16.9. The summed E-state index contributed by atoms with van der Waals surface area (Å²) < 4.78 is 30.8. The van der Waals surface area contributed by atoms with Crippen molar-refractivity contribution < 1.29 is 13.2 Å². The molecule has 1 N–H and O–H groups in total. The number of piperazine rings is 1. The van der Waals surface area contributed by atoms with Gasteiger partial charge in [0.15, 0.2) is 5.82 Å². The van der Waals surface area contributed by atoms with Crippen LogP contribution >= 0.6 is 11.3 Å². The number of nitrogens with one attached hydrogen (secondary N) is 1. The maximum atomic E-state index is 11.8. The van der Waals surface area contributed by atoms with E-state index in [-0.39, 0.29) is 0 Å². The quantitative estimate of drug-likeness (QED) is 0.493. The Labute approximate surface area is 209 Å². The Hall–Kier alpha value is -2.45. The lowest BCUT2D eigenvalue weighted by molar-refractivity contribution is 0.122. The molecule has 11 nitrogen and oxygen atoms in total. The van der Waals surface area contributed by atoms with Gasteiger partial charge in [-0.15, -0.1) is 11.3 Å². The highest BCUT2D eigenvalue weighted by Crippen LogP contribution is 2.34. The van der Waals surface area contributed by atoms with Crippen LogP contribution in [0.2, 0.25) is 0 Å². The smallest absolute Gasteiger partial charge is 0.222 e. The first-order valence-electron chi connectivity index (χ1n) is 11.8. The number of fused-ring (bicyclic) bond motifs is 1. The number of anilines is 2. The molecule has 3 aromatic rings. The average Bonchev–Trinajstić information content (AvgIpc) is 3.27. The van der Waals surface area contributed by atoms with Crippen LogP contribution in [0.3, 0.4) is 0 Å². The average molecular weight is 519 g/mol. The third-order valence-corrected chi connectivity index (χ3v) is 8.48. The van der Waals surface area contributed by atoms with Crippen molar-refractivity contribution in [3.05, 3.63) is 23.3 Å². The fraction of sp³-hybridized carbons (Fsp3) is 0.545. The van der Waals surface area contributed by atoms with Crippen molar-refractivity contribution in [1.29, 1.82) is 0 Å². The Bertz CT molecular complexity index is 1270. The molecule has 35 heavy (non-hydrogen) atoms. The lowest BCUT2D eigenvalue weighted by Crippen LogP contribution is -2.47. The molecule has 2 aliphatic rings. The molecule has 3 aromatic heterocycles. The van der Waals surface area contributed by atoms with Gasteiger partial charge >= 0.3 is 0 Å². The number of thiophene rings is 1. The van der Waals surface area contributed by atoms with Crippen LogP contribution in [0.1, 0.15) is 11.8 Å². The van der Waals surface area contributed by atoms with Crippen molar-refractivity contribution in [3.8, 4) is 11.4 Å². The number of hydrogen-bond acceptors (Lipinski definition) is 11. The van der Waals surface area contributed by atoms with Gasteiger partial charge in [0, 0.05) is 69.6 Å². The number of morpholine rings is 1.